The first-order chi connectivity index (χ1) is 11.1. The average Bonchev–Trinajstić information content (AvgIpc) is 2.44. The van der Waals surface area contributed by atoms with Gasteiger partial charge in [-0.3, -0.25) is 9.59 Å². The number of nitrogens with one attached hydrogen (secondary N) is 1. The standard InChI is InChI=1S/C16H14F4N2O2/c1-8(5-14(23)13-7-15(24)22-9(2)21-13)11-4-3-10(6-12(11)17)16(18,19)20/h3-4,6-8H,5H2,1-2H3,(H,21,22,24)/t8-/m0/s1. The molecule has 2 aromatic rings. The molecule has 1 heterocycles. The van der Waals surface area contributed by atoms with Crippen molar-refractivity contribution in [3.05, 3.63) is 63.1 Å². The van der Waals surface area contributed by atoms with Crippen LogP contribution in [0, 0.1) is 12.7 Å². The average molecular weight is 342 g/mol. The van der Waals surface area contributed by atoms with Crippen molar-refractivity contribution >= 4 is 5.78 Å². The highest BCUT2D eigenvalue weighted by Gasteiger charge is 2.31. The summed E-state index contributed by atoms with van der Waals surface area (Å²) in [6.45, 7) is 3.03. The Labute approximate surface area is 134 Å². The Balaban J connectivity index is 2.22. The van der Waals surface area contributed by atoms with Gasteiger partial charge in [0.2, 0.25) is 0 Å². The number of hydrogen-bond acceptors (Lipinski definition) is 3. The van der Waals surface area contributed by atoms with Crippen molar-refractivity contribution in [1.29, 1.82) is 0 Å². The monoisotopic (exact) mass is 342 g/mol. The molecule has 0 fully saturated rings. The molecule has 1 aromatic heterocycles. The molecular formula is C16H14F4N2O2. The fourth-order valence-electron chi connectivity index (χ4n) is 2.32. The Morgan fingerprint density at radius 2 is 1.96 bits per heavy atom. The highest BCUT2D eigenvalue weighted by atomic mass is 19.4. The van der Waals surface area contributed by atoms with E-state index < -0.39 is 34.8 Å². The third-order valence-corrected chi connectivity index (χ3v) is 3.50. The minimum atomic E-state index is -4.63. The summed E-state index contributed by atoms with van der Waals surface area (Å²) >= 11 is 0. The van der Waals surface area contributed by atoms with Gasteiger partial charge in [-0.2, -0.15) is 13.2 Å². The maximum absolute atomic E-state index is 13.9. The zero-order chi connectivity index (χ0) is 18.1. The summed E-state index contributed by atoms with van der Waals surface area (Å²) in [6.07, 6.45) is -4.82. The van der Waals surface area contributed by atoms with Gasteiger partial charge in [0, 0.05) is 12.5 Å². The molecule has 4 nitrogen and oxygen atoms in total. The molecule has 1 atom stereocenters. The normalized spacial score (nSPS) is 12.9. The van der Waals surface area contributed by atoms with Crippen LogP contribution < -0.4 is 5.56 Å². The molecule has 0 saturated carbocycles. The number of nitrogens with zero attached hydrogens (tertiary/aromatic N) is 1. The van der Waals surface area contributed by atoms with Crippen LogP contribution in [0.15, 0.2) is 29.1 Å². The lowest BCUT2D eigenvalue weighted by molar-refractivity contribution is -0.137. The third kappa shape index (κ3) is 4.06. The van der Waals surface area contributed by atoms with Crippen LogP contribution in [0.2, 0.25) is 0 Å². The first-order valence-corrected chi connectivity index (χ1v) is 7.05. The molecule has 0 saturated heterocycles. The second-order valence-corrected chi connectivity index (χ2v) is 5.48. The van der Waals surface area contributed by atoms with E-state index in [9.17, 15) is 27.2 Å². The van der Waals surface area contributed by atoms with E-state index in [1.807, 2.05) is 0 Å². The van der Waals surface area contributed by atoms with E-state index >= 15 is 0 Å². The lowest BCUT2D eigenvalue weighted by atomic mass is 9.93. The van der Waals surface area contributed by atoms with Crippen LogP contribution in [0.1, 0.15) is 46.7 Å². The summed E-state index contributed by atoms with van der Waals surface area (Å²) in [4.78, 5) is 29.8. The Bertz CT molecular complexity index is 828. The quantitative estimate of drug-likeness (QED) is 0.682. The number of aryl methyl sites for hydroxylation is 1. The fraction of sp³-hybridized carbons (Fsp3) is 0.312. The number of aromatic amines is 1. The number of carbonyl (C=O) groups is 1. The van der Waals surface area contributed by atoms with Gasteiger partial charge >= 0.3 is 6.18 Å². The number of H-pyrrole nitrogens is 1. The van der Waals surface area contributed by atoms with Gasteiger partial charge in [-0.05, 0) is 30.5 Å². The zero-order valence-corrected chi connectivity index (χ0v) is 12.9. The van der Waals surface area contributed by atoms with Crippen LogP contribution in [-0.4, -0.2) is 15.8 Å². The smallest absolute Gasteiger partial charge is 0.311 e. The molecule has 0 radical (unpaired) electrons. The molecule has 0 aliphatic rings. The van der Waals surface area contributed by atoms with Crippen LogP contribution in [0.5, 0.6) is 0 Å². The molecule has 0 amide bonds. The van der Waals surface area contributed by atoms with Gasteiger partial charge in [0.05, 0.1) is 5.56 Å². The van der Waals surface area contributed by atoms with Crippen molar-refractivity contribution in [2.75, 3.05) is 0 Å². The number of alkyl halides is 3. The molecule has 24 heavy (non-hydrogen) atoms. The number of halogens is 4. The molecular weight excluding hydrogens is 328 g/mol. The van der Waals surface area contributed by atoms with E-state index in [1.54, 1.807) is 0 Å². The number of hydrogen-bond donors (Lipinski definition) is 1. The molecule has 0 unspecified atom stereocenters. The van der Waals surface area contributed by atoms with Crippen molar-refractivity contribution in [3.63, 3.8) is 0 Å². The lowest BCUT2D eigenvalue weighted by Crippen LogP contribution is -2.16. The Kier molecular flexibility index (Phi) is 4.86. The minimum absolute atomic E-state index is 0.00193. The first kappa shape index (κ1) is 17.8. The van der Waals surface area contributed by atoms with Crippen molar-refractivity contribution in [2.45, 2.75) is 32.4 Å². The second kappa shape index (κ2) is 6.54. The van der Waals surface area contributed by atoms with Gasteiger partial charge < -0.3 is 4.98 Å². The third-order valence-electron chi connectivity index (χ3n) is 3.50. The van der Waals surface area contributed by atoms with Crippen molar-refractivity contribution in [3.8, 4) is 0 Å². The van der Waals surface area contributed by atoms with E-state index in [-0.39, 0.29) is 23.5 Å². The number of ketones is 1. The molecule has 0 bridgehead atoms. The van der Waals surface area contributed by atoms with E-state index in [4.69, 9.17) is 0 Å². The van der Waals surface area contributed by atoms with Gasteiger partial charge in [0.15, 0.2) is 5.78 Å². The minimum Gasteiger partial charge on any atom is -0.311 e. The Hall–Kier alpha value is -2.51. The number of benzene rings is 1. The van der Waals surface area contributed by atoms with Crippen molar-refractivity contribution in [2.24, 2.45) is 0 Å². The number of rotatable bonds is 4. The molecule has 0 aliphatic carbocycles. The topological polar surface area (TPSA) is 62.8 Å². The Morgan fingerprint density at radius 1 is 1.29 bits per heavy atom. The molecule has 1 N–H and O–H groups in total. The highest BCUT2D eigenvalue weighted by Crippen LogP contribution is 2.32. The lowest BCUT2D eigenvalue weighted by Gasteiger charge is -2.14. The highest BCUT2D eigenvalue weighted by molar-refractivity contribution is 5.94. The molecule has 2 rings (SSSR count). The van der Waals surface area contributed by atoms with Gasteiger partial charge in [-0.1, -0.05) is 13.0 Å². The largest absolute Gasteiger partial charge is 0.416 e. The number of Topliss-reactive ketones (excluding diaryl/α,β-unsaturated/α-hetero) is 1. The second-order valence-electron chi connectivity index (χ2n) is 5.48. The zero-order valence-electron chi connectivity index (χ0n) is 12.9. The van der Waals surface area contributed by atoms with Crippen LogP contribution in [0.25, 0.3) is 0 Å². The molecule has 8 heteroatoms. The summed E-state index contributed by atoms with van der Waals surface area (Å²) in [5, 5.41) is 0. The summed E-state index contributed by atoms with van der Waals surface area (Å²) < 4.78 is 51.6. The summed E-state index contributed by atoms with van der Waals surface area (Å²) in [5.74, 6) is -1.92. The number of carbonyl (C=O) groups excluding carboxylic acids is 1. The van der Waals surface area contributed by atoms with Crippen LogP contribution in [0.3, 0.4) is 0 Å². The summed E-state index contributed by atoms with van der Waals surface area (Å²) in [6, 6.07) is 3.23. The van der Waals surface area contributed by atoms with E-state index in [0.717, 1.165) is 18.2 Å². The van der Waals surface area contributed by atoms with Gasteiger partial charge in [-0.25, -0.2) is 9.37 Å². The summed E-state index contributed by atoms with van der Waals surface area (Å²) in [7, 11) is 0. The van der Waals surface area contributed by atoms with Crippen LogP contribution in [0.4, 0.5) is 17.6 Å². The van der Waals surface area contributed by atoms with E-state index in [1.165, 1.54) is 13.8 Å². The first-order valence-electron chi connectivity index (χ1n) is 7.05. The van der Waals surface area contributed by atoms with E-state index in [2.05, 4.69) is 9.97 Å². The van der Waals surface area contributed by atoms with Gasteiger partial charge in [0.1, 0.15) is 17.3 Å². The maximum Gasteiger partial charge on any atom is 0.416 e. The van der Waals surface area contributed by atoms with Crippen molar-refractivity contribution in [1.82, 2.24) is 9.97 Å². The van der Waals surface area contributed by atoms with Gasteiger partial charge in [-0.15, -0.1) is 0 Å². The number of aromatic nitrogens is 2. The van der Waals surface area contributed by atoms with Crippen LogP contribution >= 0.6 is 0 Å². The summed E-state index contributed by atoms with van der Waals surface area (Å²) in [5.41, 5.74) is -1.64. The predicted molar refractivity (Wildman–Crippen MR) is 78.4 cm³/mol. The SMILES string of the molecule is Cc1nc(C(=O)C[C@H](C)c2ccc(C(F)(F)F)cc2F)cc(=O)[nH]1. The van der Waals surface area contributed by atoms with Crippen molar-refractivity contribution < 1.29 is 22.4 Å². The fourth-order valence-corrected chi connectivity index (χ4v) is 2.32. The molecule has 1 aromatic carbocycles. The van der Waals surface area contributed by atoms with E-state index in [0.29, 0.717) is 6.07 Å². The van der Waals surface area contributed by atoms with Crippen LogP contribution in [-0.2, 0) is 6.18 Å². The Morgan fingerprint density at radius 3 is 2.50 bits per heavy atom. The molecule has 128 valence electrons. The maximum atomic E-state index is 13.9. The molecule has 0 spiro atoms. The predicted octanol–water partition coefficient (Wildman–Crippen LogP) is 3.61. The molecule has 0 aliphatic heterocycles. The van der Waals surface area contributed by atoms with Gasteiger partial charge in [0.25, 0.3) is 5.56 Å².